The molecule has 0 aromatic carbocycles. The molecule has 0 amide bonds. The predicted molar refractivity (Wildman–Crippen MR) is 48.1 cm³/mol. The summed E-state index contributed by atoms with van der Waals surface area (Å²) in [6, 6.07) is 0. The lowest BCUT2D eigenvalue weighted by Gasteiger charge is -2.29. The van der Waals surface area contributed by atoms with Gasteiger partial charge in [0.2, 0.25) is 0 Å². The van der Waals surface area contributed by atoms with Crippen LogP contribution in [0, 0.1) is 0 Å². The Labute approximate surface area is 77.0 Å². The number of hydrogen-bond acceptors (Lipinski definition) is 3. The minimum absolute atomic E-state index is 0.00501. The average Bonchev–Trinajstić information content (AvgIpc) is 2.41. The number of allylic oxidation sites excluding steroid dienone is 4. The minimum atomic E-state index is -0.204. The molecule has 1 fully saturated rings. The normalized spacial score (nSPS) is 31.6. The fraction of sp³-hybridized carbons (Fsp3) is 0.400. The van der Waals surface area contributed by atoms with E-state index in [0.717, 1.165) is 5.76 Å². The summed E-state index contributed by atoms with van der Waals surface area (Å²) < 4.78 is 11.0. The van der Waals surface area contributed by atoms with E-state index >= 15 is 0 Å². The molecule has 0 aromatic rings. The highest BCUT2D eigenvalue weighted by atomic mass is 16.6. The zero-order chi connectivity index (χ0) is 9.10. The Kier molecular flexibility index (Phi) is 2.47. The van der Waals surface area contributed by atoms with Crippen LogP contribution < -0.4 is 0 Å². The first-order valence-electron chi connectivity index (χ1n) is 4.34. The summed E-state index contributed by atoms with van der Waals surface area (Å²) in [5.74, 6) is 0.815. The van der Waals surface area contributed by atoms with Crippen LogP contribution in [0.25, 0.3) is 0 Å². The summed E-state index contributed by atoms with van der Waals surface area (Å²) >= 11 is 0. The number of aliphatic hydroxyl groups excluding tert-OH is 1. The molecule has 13 heavy (non-hydrogen) atoms. The van der Waals surface area contributed by atoms with Crippen molar-refractivity contribution in [3.8, 4) is 0 Å². The maximum Gasteiger partial charge on any atom is 0.134 e. The second kappa shape index (κ2) is 3.77. The molecule has 1 heterocycles. The second-order valence-electron chi connectivity index (χ2n) is 3.01. The summed E-state index contributed by atoms with van der Waals surface area (Å²) in [5.41, 5.74) is 0. The Hall–Kier alpha value is -1.06. The van der Waals surface area contributed by atoms with E-state index in [-0.39, 0.29) is 18.8 Å². The fourth-order valence-corrected chi connectivity index (χ4v) is 1.34. The van der Waals surface area contributed by atoms with Crippen LogP contribution in [0.2, 0.25) is 0 Å². The maximum absolute atomic E-state index is 8.89. The summed E-state index contributed by atoms with van der Waals surface area (Å²) in [6.07, 6.45) is 9.21. The summed E-state index contributed by atoms with van der Waals surface area (Å²) in [7, 11) is 0. The summed E-state index contributed by atoms with van der Waals surface area (Å²) in [6.45, 7) is 0.436. The summed E-state index contributed by atoms with van der Waals surface area (Å²) in [5, 5.41) is 8.89. The van der Waals surface area contributed by atoms with Gasteiger partial charge >= 0.3 is 0 Å². The van der Waals surface area contributed by atoms with Crippen LogP contribution in [0.1, 0.15) is 0 Å². The van der Waals surface area contributed by atoms with Crippen molar-refractivity contribution in [2.75, 3.05) is 13.2 Å². The van der Waals surface area contributed by atoms with Crippen LogP contribution in [0.4, 0.5) is 0 Å². The zero-order valence-electron chi connectivity index (χ0n) is 7.22. The largest absolute Gasteiger partial charge is 0.492 e. The Morgan fingerprint density at radius 2 is 2.31 bits per heavy atom. The fourth-order valence-electron chi connectivity index (χ4n) is 1.34. The van der Waals surface area contributed by atoms with Gasteiger partial charge in [0.05, 0.1) is 6.61 Å². The molecule has 3 nitrogen and oxygen atoms in total. The molecule has 2 aliphatic rings. The van der Waals surface area contributed by atoms with E-state index in [9.17, 15) is 0 Å². The van der Waals surface area contributed by atoms with Gasteiger partial charge in [0.15, 0.2) is 0 Å². The quantitative estimate of drug-likeness (QED) is 0.648. The number of aliphatic hydroxyl groups is 1. The smallest absolute Gasteiger partial charge is 0.134 e. The first kappa shape index (κ1) is 8.53. The van der Waals surface area contributed by atoms with Gasteiger partial charge in [-0.25, -0.2) is 0 Å². The molecule has 70 valence electrons. The standard InChI is InChI=1S/C10H12O3/c11-6-8-7-12-9-4-2-1-3-5-10(9)13-8/h1-5,8,10-11H,6-7H2. The van der Waals surface area contributed by atoms with Gasteiger partial charge in [0, 0.05) is 0 Å². The molecule has 0 spiro atoms. The van der Waals surface area contributed by atoms with Crippen LogP contribution >= 0.6 is 0 Å². The van der Waals surface area contributed by atoms with Crippen LogP contribution in [0.15, 0.2) is 36.1 Å². The monoisotopic (exact) mass is 180 g/mol. The molecule has 1 saturated heterocycles. The number of hydrogen-bond donors (Lipinski definition) is 1. The topological polar surface area (TPSA) is 38.7 Å². The van der Waals surface area contributed by atoms with Crippen LogP contribution in [-0.2, 0) is 9.47 Å². The lowest BCUT2D eigenvalue weighted by Crippen LogP contribution is -2.35. The molecule has 0 aromatic heterocycles. The van der Waals surface area contributed by atoms with Crippen molar-refractivity contribution >= 4 is 0 Å². The number of rotatable bonds is 1. The molecule has 2 rings (SSSR count). The molecule has 0 radical (unpaired) electrons. The van der Waals surface area contributed by atoms with E-state index < -0.39 is 0 Å². The lowest BCUT2D eigenvalue weighted by atomic mass is 10.2. The second-order valence-corrected chi connectivity index (χ2v) is 3.01. The first-order chi connectivity index (χ1) is 6.40. The van der Waals surface area contributed by atoms with Crippen molar-refractivity contribution in [3.05, 3.63) is 36.1 Å². The molecule has 2 unspecified atom stereocenters. The molecule has 1 aliphatic carbocycles. The van der Waals surface area contributed by atoms with Crippen molar-refractivity contribution in [3.63, 3.8) is 0 Å². The maximum atomic E-state index is 8.89. The van der Waals surface area contributed by atoms with E-state index in [4.69, 9.17) is 14.6 Å². The molecule has 0 saturated carbocycles. The average molecular weight is 180 g/mol. The Balaban J connectivity index is 2.11. The molecule has 1 aliphatic heterocycles. The van der Waals surface area contributed by atoms with Crippen molar-refractivity contribution < 1.29 is 14.6 Å². The first-order valence-corrected chi connectivity index (χ1v) is 4.34. The molecule has 1 N–H and O–H groups in total. The van der Waals surface area contributed by atoms with Crippen molar-refractivity contribution in [2.24, 2.45) is 0 Å². The van der Waals surface area contributed by atoms with Crippen molar-refractivity contribution in [2.45, 2.75) is 12.2 Å². The van der Waals surface area contributed by atoms with Crippen molar-refractivity contribution in [1.29, 1.82) is 0 Å². The highest BCUT2D eigenvalue weighted by molar-refractivity contribution is 5.25. The van der Waals surface area contributed by atoms with Crippen LogP contribution in [0.5, 0.6) is 0 Å². The van der Waals surface area contributed by atoms with Gasteiger partial charge in [0.25, 0.3) is 0 Å². The predicted octanol–water partition coefficient (Wildman–Crippen LogP) is 0.773. The molecular weight excluding hydrogens is 168 g/mol. The number of ether oxygens (including phenoxy) is 2. The third kappa shape index (κ3) is 1.82. The van der Waals surface area contributed by atoms with E-state index in [1.54, 1.807) is 0 Å². The Bertz CT molecular complexity index is 265. The molecule has 0 bridgehead atoms. The van der Waals surface area contributed by atoms with Gasteiger partial charge in [-0.15, -0.1) is 0 Å². The highest BCUT2D eigenvalue weighted by Crippen LogP contribution is 2.20. The third-order valence-corrected chi connectivity index (χ3v) is 2.03. The van der Waals surface area contributed by atoms with Crippen LogP contribution in [0.3, 0.4) is 0 Å². The summed E-state index contributed by atoms with van der Waals surface area (Å²) in [4.78, 5) is 0. The highest BCUT2D eigenvalue weighted by Gasteiger charge is 2.25. The van der Waals surface area contributed by atoms with Gasteiger partial charge < -0.3 is 14.6 Å². The van der Waals surface area contributed by atoms with E-state index in [1.165, 1.54) is 0 Å². The van der Waals surface area contributed by atoms with Crippen LogP contribution in [-0.4, -0.2) is 30.5 Å². The zero-order valence-corrected chi connectivity index (χ0v) is 7.22. The molecular formula is C10H12O3. The number of fused-ring (bicyclic) bond motifs is 1. The van der Waals surface area contributed by atoms with Gasteiger partial charge in [-0.2, -0.15) is 0 Å². The van der Waals surface area contributed by atoms with E-state index in [2.05, 4.69) is 0 Å². The SMILES string of the molecule is OCC1COC2=CC=CC=CC2O1. The van der Waals surface area contributed by atoms with Crippen molar-refractivity contribution in [1.82, 2.24) is 0 Å². The Morgan fingerprint density at radius 1 is 1.38 bits per heavy atom. The van der Waals surface area contributed by atoms with E-state index in [0.29, 0.717) is 6.61 Å². The van der Waals surface area contributed by atoms with E-state index in [1.807, 2.05) is 30.4 Å². The lowest BCUT2D eigenvalue weighted by molar-refractivity contribution is -0.0985. The molecule has 3 heteroatoms. The molecule has 2 atom stereocenters. The Morgan fingerprint density at radius 3 is 3.15 bits per heavy atom. The third-order valence-electron chi connectivity index (χ3n) is 2.03. The minimum Gasteiger partial charge on any atom is -0.492 e. The van der Waals surface area contributed by atoms with Gasteiger partial charge in [-0.05, 0) is 12.2 Å². The van der Waals surface area contributed by atoms with Gasteiger partial charge in [-0.3, -0.25) is 0 Å². The van der Waals surface area contributed by atoms with Gasteiger partial charge in [-0.1, -0.05) is 18.2 Å². The van der Waals surface area contributed by atoms with Gasteiger partial charge in [0.1, 0.15) is 24.6 Å².